The molecule has 2 aromatic rings. The topological polar surface area (TPSA) is 49.4 Å². The van der Waals surface area contributed by atoms with Crippen LogP contribution in [-0.4, -0.2) is 31.1 Å². The molecule has 1 heterocycles. The van der Waals surface area contributed by atoms with E-state index in [9.17, 15) is 8.42 Å². The molecule has 1 saturated heterocycles. The van der Waals surface area contributed by atoms with E-state index in [1.54, 1.807) is 0 Å². The molecule has 0 aliphatic carbocycles. The van der Waals surface area contributed by atoms with E-state index in [0.717, 1.165) is 11.4 Å². The molecule has 2 aromatic carbocycles. The van der Waals surface area contributed by atoms with Gasteiger partial charge < -0.3 is 10.2 Å². The molecule has 6 heteroatoms. The monoisotopic (exact) mass is 346 g/mol. The first-order valence-corrected chi connectivity index (χ1v) is 9.69. The van der Waals surface area contributed by atoms with Gasteiger partial charge in [-0.25, -0.2) is 8.42 Å². The molecule has 1 atom stereocenters. The van der Waals surface area contributed by atoms with Crippen molar-refractivity contribution in [3.8, 4) is 0 Å². The molecule has 23 heavy (non-hydrogen) atoms. The molecule has 0 amide bonds. The van der Waals surface area contributed by atoms with E-state index in [-0.39, 0.29) is 17.5 Å². The first kappa shape index (κ1) is 16.0. The fourth-order valence-electron chi connectivity index (χ4n) is 2.77. The Morgan fingerprint density at radius 3 is 2.22 bits per heavy atom. The molecule has 0 unspecified atom stereocenters. The van der Waals surface area contributed by atoms with Crippen LogP contribution in [0.15, 0.2) is 60.7 Å². The number of sulfone groups is 1. The maximum Gasteiger partial charge on any atom is 0.178 e. The Labute approximate surface area is 142 Å². The second kappa shape index (κ2) is 6.68. The van der Waals surface area contributed by atoms with Crippen molar-refractivity contribution < 1.29 is 8.42 Å². The van der Waals surface area contributed by atoms with Gasteiger partial charge in [-0.1, -0.05) is 36.4 Å². The molecular formula is C17H18N2O2S2. The SMILES string of the molecule is O=S1(=O)CC[C@@H](N(C(=S)Nc2ccccc2)c2ccccc2)C1. The molecule has 1 fully saturated rings. The second-order valence-corrected chi connectivity index (χ2v) is 8.17. The Bertz CT molecular complexity index is 777. The molecule has 1 aliphatic rings. The normalized spacial score (nSPS) is 19.2. The molecule has 0 saturated carbocycles. The van der Waals surface area contributed by atoms with Crippen LogP contribution in [0.4, 0.5) is 11.4 Å². The summed E-state index contributed by atoms with van der Waals surface area (Å²) in [5.74, 6) is 0.355. The van der Waals surface area contributed by atoms with E-state index in [4.69, 9.17) is 12.2 Å². The zero-order valence-electron chi connectivity index (χ0n) is 12.6. The largest absolute Gasteiger partial charge is 0.332 e. The van der Waals surface area contributed by atoms with Crippen LogP contribution in [0.5, 0.6) is 0 Å². The van der Waals surface area contributed by atoms with Gasteiger partial charge in [0.05, 0.1) is 17.5 Å². The fraction of sp³-hybridized carbons (Fsp3) is 0.235. The van der Waals surface area contributed by atoms with Crippen molar-refractivity contribution in [2.45, 2.75) is 12.5 Å². The summed E-state index contributed by atoms with van der Waals surface area (Å²) in [5, 5.41) is 3.73. The van der Waals surface area contributed by atoms with Crippen molar-refractivity contribution in [2.75, 3.05) is 21.7 Å². The predicted octanol–water partition coefficient (Wildman–Crippen LogP) is 3.08. The van der Waals surface area contributed by atoms with Gasteiger partial charge in [0.15, 0.2) is 14.9 Å². The molecule has 1 N–H and O–H groups in total. The first-order chi connectivity index (χ1) is 11.1. The Hall–Kier alpha value is -1.92. The number of nitrogens with one attached hydrogen (secondary N) is 1. The summed E-state index contributed by atoms with van der Waals surface area (Å²) in [6, 6.07) is 19.2. The summed E-state index contributed by atoms with van der Waals surface area (Å²) in [6.45, 7) is 0. The third kappa shape index (κ3) is 3.89. The lowest BCUT2D eigenvalue weighted by Crippen LogP contribution is -2.43. The van der Waals surface area contributed by atoms with E-state index in [1.807, 2.05) is 65.6 Å². The van der Waals surface area contributed by atoms with E-state index < -0.39 is 9.84 Å². The number of nitrogens with zero attached hydrogens (tertiary/aromatic N) is 1. The summed E-state index contributed by atoms with van der Waals surface area (Å²) in [7, 11) is -2.98. The number of anilines is 2. The minimum Gasteiger partial charge on any atom is -0.332 e. The summed E-state index contributed by atoms with van der Waals surface area (Å²) in [5.41, 5.74) is 1.79. The van der Waals surface area contributed by atoms with Crippen molar-refractivity contribution in [1.29, 1.82) is 0 Å². The van der Waals surface area contributed by atoms with E-state index >= 15 is 0 Å². The van der Waals surface area contributed by atoms with Gasteiger partial charge in [-0.05, 0) is 42.9 Å². The van der Waals surface area contributed by atoms with Gasteiger partial charge in [-0.15, -0.1) is 0 Å². The smallest absolute Gasteiger partial charge is 0.178 e. The minimum atomic E-state index is -2.98. The number of hydrogen-bond acceptors (Lipinski definition) is 3. The van der Waals surface area contributed by atoms with Crippen LogP contribution >= 0.6 is 12.2 Å². The molecule has 4 nitrogen and oxygen atoms in total. The zero-order chi connectivity index (χ0) is 16.3. The van der Waals surface area contributed by atoms with Crippen molar-refractivity contribution in [3.63, 3.8) is 0 Å². The Kier molecular flexibility index (Phi) is 4.63. The molecular weight excluding hydrogens is 328 g/mol. The number of benzene rings is 2. The van der Waals surface area contributed by atoms with Crippen LogP contribution in [-0.2, 0) is 9.84 Å². The molecule has 0 bridgehead atoms. The standard InChI is InChI=1S/C17H18N2O2S2/c20-23(21)12-11-16(13-23)19(15-9-5-2-6-10-15)17(22)18-14-7-3-1-4-8-14/h1-10,16H,11-13H2,(H,18,22)/t16-/m1/s1. The average Bonchev–Trinajstić information content (AvgIpc) is 2.89. The van der Waals surface area contributed by atoms with Crippen molar-refractivity contribution in [2.24, 2.45) is 0 Å². The number of rotatable bonds is 3. The minimum absolute atomic E-state index is 0.133. The van der Waals surface area contributed by atoms with E-state index in [0.29, 0.717) is 11.5 Å². The lowest BCUT2D eigenvalue weighted by molar-refractivity contribution is 0.601. The molecule has 3 rings (SSSR count). The van der Waals surface area contributed by atoms with Crippen LogP contribution < -0.4 is 10.2 Å². The number of thiocarbonyl (C=S) groups is 1. The average molecular weight is 346 g/mol. The second-order valence-electron chi connectivity index (χ2n) is 5.56. The lowest BCUT2D eigenvalue weighted by Gasteiger charge is -2.31. The van der Waals surface area contributed by atoms with Gasteiger partial charge in [0, 0.05) is 11.4 Å². The van der Waals surface area contributed by atoms with Gasteiger partial charge in [0.2, 0.25) is 0 Å². The van der Waals surface area contributed by atoms with Gasteiger partial charge >= 0.3 is 0 Å². The Balaban J connectivity index is 1.88. The Morgan fingerprint density at radius 2 is 1.65 bits per heavy atom. The highest BCUT2D eigenvalue weighted by Gasteiger charge is 2.34. The lowest BCUT2D eigenvalue weighted by atomic mass is 10.2. The zero-order valence-corrected chi connectivity index (χ0v) is 14.2. The van der Waals surface area contributed by atoms with E-state index in [2.05, 4.69) is 5.32 Å². The van der Waals surface area contributed by atoms with Gasteiger partial charge in [0.25, 0.3) is 0 Å². The molecule has 0 radical (unpaired) electrons. The van der Waals surface area contributed by atoms with Gasteiger partial charge in [0.1, 0.15) is 0 Å². The molecule has 0 spiro atoms. The maximum absolute atomic E-state index is 11.9. The fourth-order valence-corrected chi connectivity index (χ4v) is 4.84. The van der Waals surface area contributed by atoms with Crippen molar-refractivity contribution in [3.05, 3.63) is 60.7 Å². The van der Waals surface area contributed by atoms with Crippen LogP contribution in [0.3, 0.4) is 0 Å². The first-order valence-electron chi connectivity index (χ1n) is 7.46. The number of para-hydroxylation sites is 2. The van der Waals surface area contributed by atoms with Crippen molar-refractivity contribution in [1.82, 2.24) is 0 Å². The van der Waals surface area contributed by atoms with Crippen LogP contribution in [0.1, 0.15) is 6.42 Å². The summed E-state index contributed by atoms with van der Waals surface area (Å²) < 4.78 is 23.7. The Morgan fingerprint density at radius 1 is 1.04 bits per heavy atom. The van der Waals surface area contributed by atoms with Crippen molar-refractivity contribution >= 4 is 38.5 Å². The summed E-state index contributed by atoms with van der Waals surface area (Å²) in [6.07, 6.45) is 0.591. The molecule has 0 aromatic heterocycles. The summed E-state index contributed by atoms with van der Waals surface area (Å²) in [4.78, 5) is 1.92. The van der Waals surface area contributed by atoms with Crippen LogP contribution in [0.25, 0.3) is 0 Å². The van der Waals surface area contributed by atoms with Crippen LogP contribution in [0, 0.1) is 0 Å². The number of hydrogen-bond donors (Lipinski definition) is 1. The highest BCUT2D eigenvalue weighted by Crippen LogP contribution is 2.25. The van der Waals surface area contributed by atoms with Gasteiger partial charge in [-0.3, -0.25) is 0 Å². The molecule has 120 valence electrons. The quantitative estimate of drug-likeness (QED) is 0.866. The maximum atomic E-state index is 11.9. The van der Waals surface area contributed by atoms with Gasteiger partial charge in [-0.2, -0.15) is 0 Å². The molecule has 1 aliphatic heterocycles. The third-order valence-corrected chi connectivity index (χ3v) is 5.90. The van der Waals surface area contributed by atoms with E-state index in [1.165, 1.54) is 0 Å². The highest BCUT2D eigenvalue weighted by molar-refractivity contribution is 7.91. The highest BCUT2D eigenvalue weighted by atomic mass is 32.2. The predicted molar refractivity (Wildman–Crippen MR) is 98.6 cm³/mol. The summed E-state index contributed by atoms with van der Waals surface area (Å²) >= 11 is 5.57. The van der Waals surface area contributed by atoms with Crippen LogP contribution in [0.2, 0.25) is 0 Å². The third-order valence-electron chi connectivity index (χ3n) is 3.85.